The summed E-state index contributed by atoms with van der Waals surface area (Å²) in [5.74, 6) is 0.863. The third kappa shape index (κ3) is 2.50. The van der Waals surface area contributed by atoms with Gasteiger partial charge < -0.3 is 10.3 Å². The van der Waals surface area contributed by atoms with E-state index < -0.39 is 0 Å². The number of rotatable bonds is 4. The maximum Gasteiger partial charge on any atom is 0.181 e. The van der Waals surface area contributed by atoms with Crippen LogP contribution >= 0.6 is 11.8 Å². The predicted octanol–water partition coefficient (Wildman–Crippen LogP) is 2.33. The lowest BCUT2D eigenvalue weighted by Crippen LogP contribution is -1.98. The summed E-state index contributed by atoms with van der Waals surface area (Å²) in [6.45, 7) is 2.89. The molecule has 0 atom stereocenters. The molecule has 0 aliphatic heterocycles. The number of fused-ring (bicyclic) bond motifs is 1. The summed E-state index contributed by atoms with van der Waals surface area (Å²) in [6.07, 6.45) is 4.93. The molecular weight excluding hydrogens is 260 g/mol. The van der Waals surface area contributed by atoms with E-state index in [2.05, 4.69) is 30.2 Å². The summed E-state index contributed by atoms with van der Waals surface area (Å²) >= 11 is 1.56. The van der Waals surface area contributed by atoms with Gasteiger partial charge in [0.15, 0.2) is 5.65 Å². The summed E-state index contributed by atoms with van der Waals surface area (Å²) in [5.41, 5.74) is 1.53. The van der Waals surface area contributed by atoms with E-state index in [1.165, 1.54) is 6.33 Å². The first-order chi connectivity index (χ1) is 9.36. The molecule has 0 unspecified atom stereocenters. The summed E-state index contributed by atoms with van der Waals surface area (Å²) in [6, 6.07) is 3.95. The molecule has 6 nitrogen and oxygen atoms in total. The molecule has 0 radical (unpaired) electrons. The van der Waals surface area contributed by atoms with Crippen LogP contribution < -0.4 is 5.32 Å². The molecular formula is C12H12N6S. The highest BCUT2D eigenvalue weighted by Crippen LogP contribution is 2.30. The molecule has 0 bridgehead atoms. The van der Waals surface area contributed by atoms with Gasteiger partial charge in [0.2, 0.25) is 0 Å². The number of H-pyrrole nitrogens is 1. The second-order valence-corrected chi connectivity index (χ2v) is 4.85. The average molecular weight is 272 g/mol. The molecule has 0 spiro atoms. The Morgan fingerprint density at radius 2 is 2.21 bits per heavy atom. The van der Waals surface area contributed by atoms with Crippen LogP contribution in [-0.2, 0) is 0 Å². The van der Waals surface area contributed by atoms with Gasteiger partial charge in [0, 0.05) is 17.6 Å². The number of aromatic nitrogens is 5. The van der Waals surface area contributed by atoms with Crippen LogP contribution in [0.15, 0.2) is 40.9 Å². The average Bonchev–Trinajstić information content (AvgIpc) is 2.89. The minimum absolute atomic E-state index is 0.679. The zero-order chi connectivity index (χ0) is 13.1. The van der Waals surface area contributed by atoms with Gasteiger partial charge in [-0.25, -0.2) is 19.9 Å². The van der Waals surface area contributed by atoms with Crippen molar-refractivity contribution in [2.24, 2.45) is 0 Å². The fourth-order valence-electron chi connectivity index (χ4n) is 1.68. The lowest BCUT2D eigenvalue weighted by molar-refractivity contribution is 1.08. The molecule has 0 amide bonds. The standard InChI is InChI=1S/C12H12N6S/c1-2-13-9-5-8(3-4-14-9)19-12-10-11(16-6-15-10)17-7-18-12/h3-7H,2H2,1H3,(H,13,14)(H,15,16,17,18). The van der Waals surface area contributed by atoms with Crippen LogP contribution in [0.2, 0.25) is 0 Å². The maximum atomic E-state index is 4.29. The molecule has 7 heteroatoms. The number of nitrogens with one attached hydrogen (secondary N) is 2. The number of hydrogen-bond donors (Lipinski definition) is 2. The van der Waals surface area contributed by atoms with Gasteiger partial charge in [-0.05, 0) is 19.1 Å². The topological polar surface area (TPSA) is 79.4 Å². The first kappa shape index (κ1) is 11.9. The molecule has 3 heterocycles. The van der Waals surface area contributed by atoms with Crippen molar-refractivity contribution in [1.82, 2.24) is 24.9 Å². The van der Waals surface area contributed by atoms with Crippen molar-refractivity contribution in [3.05, 3.63) is 31.0 Å². The maximum absolute atomic E-state index is 4.29. The molecule has 96 valence electrons. The zero-order valence-corrected chi connectivity index (χ0v) is 11.1. The molecule has 0 saturated carbocycles. The number of hydrogen-bond acceptors (Lipinski definition) is 6. The Labute approximate surface area is 114 Å². The van der Waals surface area contributed by atoms with Gasteiger partial charge in [0.1, 0.15) is 22.7 Å². The van der Waals surface area contributed by atoms with E-state index in [1.807, 2.05) is 19.1 Å². The van der Waals surface area contributed by atoms with Crippen molar-refractivity contribution < 1.29 is 0 Å². The first-order valence-electron chi connectivity index (χ1n) is 5.88. The highest BCUT2D eigenvalue weighted by molar-refractivity contribution is 7.99. The van der Waals surface area contributed by atoms with Gasteiger partial charge in [-0.2, -0.15) is 0 Å². The molecule has 0 saturated heterocycles. The Morgan fingerprint density at radius 1 is 1.26 bits per heavy atom. The largest absolute Gasteiger partial charge is 0.370 e. The van der Waals surface area contributed by atoms with Crippen LogP contribution in [0.3, 0.4) is 0 Å². The molecule has 2 N–H and O–H groups in total. The summed E-state index contributed by atoms with van der Waals surface area (Å²) < 4.78 is 0. The quantitative estimate of drug-likeness (QED) is 0.710. The van der Waals surface area contributed by atoms with E-state index in [4.69, 9.17) is 0 Å². The minimum atomic E-state index is 0.679. The highest BCUT2D eigenvalue weighted by Gasteiger charge is 2.08. The molecule has 3 aromatic rings. The zero-order valence-electron chi connectivity index (χ0n) is 10.3. The third-order valence-corrected chi connectivity index (χ3v) is 3.48. The van der Waals surface area contributed by atoms with Crippen molar-refractivity contribution >= 4 is 28.7 Å². The second kappa shape index (κ2) is 5.23. The van der Waals surface area contributed by atoms with Crippen LogP contribution in [-0.4, -0.2) is 31.5 Å². The highest BCUT2D eigenvalue weighted by atomic mass is 32.2. The molecule has 0 aliphatic carbocycles. The van der Waals surface area contributed by atoms with Gasteiger partial charge in [-0.1, -0.05) is 11.8 Å². The van der Waals surface area contributed by atoms with Gasteiger partial charge in [0.25, 0.3) is 0 Å². The van der Waals surface area contributed by atoms with Gasteiger partial charge in [0.05, 0.1) is 6.33 Å². The van der Waals surface area contributed by atoms with Crippen LogP contribution in [0.1, 0.15) is 6.92 Å². The molecule has 0 fully saturated rings. The van der Waals surface area contributed by atoms with Crippen LogP contribution in [0.5, 0.6) is 0 Å². The Bertz CT molecular complexity index is 695. The SMILES string of the molecule is CCNc1cc(Sc2ncnc3nc[nH]c23)ccn1. The number of nitrogens with zero attached hydrogens (tertiary/aromatic N) is 4. The molecule has 3 rings (SSSR count). The number of imidazole rings is 1. The van der Waals surface area contributed by atoms with E-state index in [9.17, 15) is 0 Å². The Balaban J connectivity index is 1.92. The van der Waals surface area contributed by atoms with Crippen LogP contribution in [0.4, 0.5) is 5.82 Å². The summed E-state index contributed by atoms with van der Waals surface area (Å²) in [5, 5.41) is 4.05. The number of pyridine rings is 1. The van der Waals surface area contributed by atoms with Crippen LogP contribution in [0.25, 0.3) is 11.2 Å². The number of anilines is 1. The number of aromatic amines is 1. The Hall–Kier alpha value is -2.15. The van der Waals surface area contributed by atoms with Crippen molar-refractivity contribution in [3.63, 3.8) is 0 Å². The lowest BCUT2D eigenvalue weighted by atomic mass is 10.4. The monoisotopic (exact) mass is 272 g/mol. The molecule has 0 aromatic carbocycles. The Morgan fingerprint density at radius 3 is 3.11 bits per heavy atom. The third-order valence-electron chi connectivity index (χ3n) is 2.49. The van der Waals surface area contributed by atoms with Gasteiger partial charge in [-0.15, -0.1) is 0 Å². The van der Waals surface area contributed by atoms with Crippen LogP contribution in [0, 0.1) is 0 Å². The summed E-state index contributed by atoms with van der Waals surface area (Å²) in [4.78, 5) is 20.9. The predicted molar refractivity (Wildman–Crippen MR) is 74.2 cm³/mol. The van der Waals surface area contributed by atoms with Gasteiger partial charge >= 0.3 is 0 Å². The van der Waals surface area contributed by atoms with E-state index >= 15 is 0 Å². The van der Waals surface area contributed by atoms with Crippen molar-refractivity contribution in [1.29, 1.82) is 0 Å². The Kier molecular flexibility index (Phi) is 3.28. The van der Waals surface area contributed by atoms with E-state index in [1.54, 1.807) is 24.3 Å². The fraction of sp³-hybridized carbons (Fsp3) is 0.167. The smallest absolute Gasteiger partial charge is 0.181 e. The van der Waals surface area contributed by atoms with Crippen molar-refractivity contribution in [2.45, 2.75) is 16.8 Å². The van der Waals surface area contributed by atoms with E-state index in [0.29, 0.717) is 5.65 Å². The lowest BCUT2D eigenvalue weighted by Gasteiger charge is -2.05. The summed E-state index contributed by atoms with van der Waals surface area (Å²) in [7, 11) is 0. The van der Waals surface area contributed by atoms with Crippen molar-refractivity contribution in [2.75, 3.05) is 11.9 Å². The molecule has 19 heavy (non-hydrogen) atoms. The molecule has 0 aliphatic rings. The van der Waals surface area contributed by atoms with Gasteiger partial charge in [-0.3, -0.25) is 0 Å². The first-order valence-corrected chi connectivity index (χ1v) is 6.70. The minimum Gasteiger partial charge on any atom is -0.370 e. The van der Waals surface area contributed by atoms with Crippen molar-refractivity contribution in [3.8, 4) is 0 Å². The normalized spacial score (nSPS) is 10.8. The second-order valence-electron chi connectivity index (χ2n) is 3.79. The van der Waals surface area contributed by atoms with E-state index in [0.717, 1.165) is 27.8 Å². The van der Waals surface area contributed by atoms with E-state index in [-0.39, 0.29) is 0 Å². The molecule has 3 aromatic heterocycles. The fourth-order valence-corrected chi connectivity index (χ4v) is 2.56.